The maximum absolute atomic E-state index is 8.23. The average molecular weight is 196 g/mol. The largest absolute Gasteiger partial charge is 0.483 e. The summed E-state index contributed by atoms with van der Waals surface area (Å²) in [4.78, 5) is 0. The van der Waals surface area contributed by atoms with Gasteiger partial charge >= 0.3 is 9.53 Å². The number of hydrogen-bond donors (Lipinski definition) is 1. The zero-order valence-electron chi connectivity index (χ0n) is 7.65. The lowest BCUT2D eigenvalue weighted by atomic mass is 10.4. The summed E-state index contributed by atoms with van der Waals surface area (Å²) in [5, 5.41) is 8.23. The van der Waals surface area contributed by atoms with E-state index in [4.69, 9.17) is 18.4 Å². The standard InChI is InChI=1S/C3H10O3Si.C3H6O2/c1-4-7(5-2)6-3;4-3-1-2-5-3/h7H,1-3H3;3-4H,1-2H2. The van der Waals surface area contributed by atoms with E-state index in [1.807, 2.05) is 0 Å². The Morgan fingerprint density at radius 1 is 1.25 bits per heavy atom. The highest BCUT2D eigenvalue weighted by atomic mass is 28.3. The Labute approximate surface area is 74.2 Å². The second kappa shape index (κ2) is 7.65. The van der Waals surface area contributed by atoms with E-state index in [1.54, 1.807) is 21.3 Å². The van der Waals surface area contributed by atoms with Gasteiger partial charge in [-0.25, -0.2) is 0 Å². The Morgan fingerprint density at radius 2 is 1.58 bits per heavy atom. The second-order valence-corrected chi connectivity index (χ2v) is 4.10. The van der Waals surface area contributed by atoms with E-state index in [9.17, 15) is 0 Å². The highest BCUT2D eigenvalue weighted by Crippen LogP contribution is 2.04. The highest BCUT2D eigenvalue weighted by Gasteiger charge is 2.11. The van der Waals surface area contributed by atoms with Gasteiger partial charge in [0.2, 0.25) is 0 Å². The van der Waals surface area contributed by atoms with Crippen LogP contribution in [0, 0.1) is 0 Å². The summed E-state index contributed by atoms with van der Waals surface area (Å²) in [6.07, 6.45) is 0.384. The lowest BCUT2D eigenvalue weighted by molar-refractivity contribution is -0.182. The summed E-state index contributed by atoms with van der Waals surface area (Å²) in [6.45, 7) is 0.737. The van der Waals surface area contributed by atoms with Crippen LogP contribution in [0.1, 0.15) is 6.42 Å². The van der Waals surface area contributed by atoms with Crippen molar-refractivity contribution in [2.24, 2.45) is 0 Å². The quantitative estimate of drug-likeness (QED) is 0.609. The minimum atomic E-state index is -1.67. The molecule has 0 aromatic rings. The molecule has 12 heavy (non-hydrogen) atoms. The third-order valence-corrected chi connectivity index (χ3v) is 2.41. The molecule has 74 valence electrons. The maximum atomic E-state index is 8.23. The van der Waals surface area contributed by atoms with Crippen molar-refractivity contribution in [3.8, 4) is 0 Å². The molecular weight excluding hydrogens is 180 g/mol. The molecule has 1 heterocycles. The molecule has 1 unspecified atom stereocenters. The first-order chi connectivity index (χ1) is 5.74. The zero-order valence-corrected chi connectivity index (χ0v) is 8.80. The molecular formula is C6H16O5Si. The van der Waals surface area contributed by atoms with Crippen LogP contribution in [0.15, 0.2) is 0 Å². The van der Waals surface area contributed by atoms with E-state index in [0.717, 1.165) is 13.0 Å². The molecule has 1 aliphatic rings. The van der Waals surface area contributed by atoms with Crippen molar-refractivity contribution >= 4 is 9.53 Å². The first-order valence-electron chi connectivity index (χ1n) is 3.62. The number of rotatable bonds is 3. The Kier molecular flexibility index (Phi) is 7.67. The van der Waals surface area contributed by atoms with Crippen LogP contribution >= 0.6 is 0 Å². The van der Waals surface area contributed by atoms with E-state index in [-0.39, 0.29) is 0 Å². The van der Waals surface area contributed by atoms with E-state index in [2.05, 4.69) is 4.74 Å². The summed E-state index contributed by atoms with van der Waals surface area (Å²) in [6, 6.07) is 0. The van der Waals surface area contributed by atoms with E-state index >= 15 is 0 Å². The molecule has 1 atom stereocenters. The molecule has 0 amide bonds. The Hall–Kier alpha value is 0.0169. The first-order valence-corrected chi connectivity index (χ1v) is 5.04. The topological polar surface area (TPSA) is 57.2 Å². The molecule has 0 spiro atoms. The number of aliphatic hydroxyl groups excluding tert-OH is 1. The fourth-order valence-electron chi connectivity index (χ4n) is 0.512. The summed E-state index contributed by atoms with van der Waals surface area (Å²) < 4.78 is 18.7. The van der Waals surface area contributed by atoms with Crippen LogP contribution in [-0.2, 0) is 18.0 Å². The molecule has 0 aromatic heterocycles. The fourth-order valence-corrected chi connectivity index (χ4v) is 1.09. The van der Waals surface area contributed by atoms with Crippen LogP contribution in [0.4, 0.5) is 0 Å². The fraction of sp³-hybridized carbons (Fsp3) is 1.00. The van der Waals surface area contributed by atoms with Crippen LogP contribution in [-0.4, -0.2) is 48.9 Å². The van der Waals surface area contributed by atoms with Gasteiger partial charge in [0.15, 0.2) is 6.29 Å². The molecule has 0 bridgehead atoms. The van der Waals surface area contributed by atoms with Gasteiger partial charge in [-0.1, -0.05) is 0 Å². The molecule has 1 rings (SSSR count). The molecule has 0 aromatic carbocycles. The molecule has 0 saturated carbocycles. The van der Waals surface area contributed by atoms with E-state index < -0.39 is 15.8 Å². The molecule has 6 heteroatoms. The predicted molar refractivity (Wildman–Crippen MR) is 44.8 cm³/mol. The van der Waals surface area contributed by atoms with Crippen molar-refractivity contribution in [2.45, 2.75) is 12.7 Å². The van der Waals surface area contributed by atoms with Gasteiger partial charge in [0, 0.05) is 27.8 Å². The van der Waals surface area contributed by atoms with E-state index in [0.29, 0.717) is 0 Å². The molecule has 1 aliphatic heterocycles. The zero-order chi connectivity index (χ0) is 9.40. The molecule has 1 saturated heterocycles. The second-order valence-electron chi connectivity index (χ2n) is 2.11. The summed E-state index contributed by atoms with van der Waals surface area (Å²) in [7, 11) is 3.05. The van der Waals surface area contributed by atoms with Gasteiger partial charge in [-0.3, -0.25) is 0 Å². The third kappa shape index (κ3) is 5.64. The van der Waals surface area contributed by atoms with Gasteiger partial charge in [-0.2, -0.15) is 0 Å². The highest BCUT2D eigenvalue weighted by molar-refractivity contribution is 6.36. The minimum absolute atomic E-state index is 0.435. The van der Waals surface area contributed by atoms with Gasteiger partial charge in [0.05, 0.1) is 6.61 Å². The molecule has 1 N–H and O–H groups in total. The van der Waals surface area contributed by atoms with Gasteiger partial charge in [-0.15, -0.1) is 0 Å². The van der Waals surface area contributed by atoms with Gasteiger partial charge in [-0.05, 0) is 0 Å². The smallest absolute Gasteiger partial charge is 0.379 e. The number of hydrogen-bond acceptors (Lipinski definition) is 5. The third-order valence-electron chi connectivity index (χ3n) is 1.25. The lowest BCUT2D eigenvalue weighted by Crippen LogP contribution is -2.25. The van der Waals surface area contributed by atoms with Crippen molar-refractivity contribution in [1.82, 2.24) is 0 Å². The van der Waals surface area contributed by atoms with Gasteiger partial charge in [0.25, 0.3) is 0 Å². The minimum Gasteiger partial charge on any atom is -0.379 e. The van der Waals surface area contributed by atoms with Crippen LogP contribution in [0.2, 0.25) is 0 Å². The molecule has 0 radical (unpaired) electrons. The van der Waals surface area contributed by atoms with Crippen molar-refractivity contribution in [2.75, 3.05) is 27.9 Å². The molecule has 1 fully saturated rings. The predicted octanol–water partition coefficient (Wildman–Crippen LogP) is -0.632. The summed E-state index contributed by atoms with van der Waals surface area (Å²) >= 11 is 0. The van der Waals surface area contributed by atoms with Crippen LogP contribution in [0.25, 0.3) is 0 Å². The Balaban J connectivity index is 0.000000211. The van der Waals surface area contributed by atoms with Crippen molar-refractivity contribution in [3.63, 3.8) is 0 Å². The Morgan fingerprint density at radius 3 is 1.58 bits per heavy atom. The van der Waals surface area contributed by atoms with Crippen LogP contribution in [0.5, 0.6) is 0 Å². The van der Waals surface area contributed by atoms with Gasteiger partial charge < -0.3 is 23.1 Å². The van der Waals surface area contributed by atoms with Crippen LogP contribution in [0.3, 0.4) is 0 Å². The Bertz CT molecular complexity index is 88.4. The molecule has 5 nitrogen and oxygen atoms in total. The SMILES string of the molecule is CO[SiH](OC)OC.OC1CCO1. The number of ether oxygens (including phenoxy) is 1. The van der Waals surface area contributed by atoms with Gasteiger partial charge in [0.1, 0.15) is 0 Å². The van der Waals surface area contributed by atoms with Crippen LogP contribution < -0.4 is 0 Å². The summed E-state index contributed by atoms with van der Waals surface area (Å²) in [5.41, 5.74) is 0. The van der Waals surface area contributed by atoms with E-state index in [1.165, 1.54) is 0 Å². The molecule has 0 aliphatic carbocycles. The number of aliphatic hydroxyl groups is 1. The van der Waals surface area contributed by atoms with Crippen molar-refractivity contribution < 1.29 is 23.1 Å². The monoisotopic (exact) mass is 196 g/mol. The summed E-state index contributed by atoms with van der Waals surface area (Å²) in [5.74, 6) is 0. The van der Waals surface area contributed by atoms with Crippen molar-refractivity contribution in [3.05, 3.63) is 0 Å². The average Bonchev–Trinajstić information content (AvgIpc) is 2.05. The van der Waals surface area contributed by atoms with Crippen molar-refractivity contribution in [1.29, 1.82) is 0 Å². The first kappa shape index (κ1) is 12.0. The maximum Gasteiger partial charge on any atom is 0.483 e. The normalized spacial score (nSPS) is 21.2. The lowest BCUT2D eigenvalue weighted by Gasteiger charge is -2.19.